The molecule has 7 nitrogen and oxygen atoms in total. The van der Waals surface area contributed by atoms with Gasteiger partial charge in [-0.05, 0) is 29.8 Å². The standard InChI is InChI=1S/C24H15N3O4/c25-14-19-4-1-2-5-20(19)16-31-23-10-8-17(9-11-23)12-21(15-26)24(28)18-6-3-7-22(13-18)27(29)30/h1-13H,16H2. The summed E-state index contributed by atoms with van der Waals surface area (Å²) in [6, 6.07) is 23.1. The number of ketones is 1. The third-order valence-electron chi connectivity index (χ3n) is 4.41. The second-order valence-corrected chi connectivity index (χ2v) is 6.43. The first-order valence-electron chi connectivity index (χ1n) is 9.13. The maximum atomic E-state index is 12.6. The highest BCUT2D eigenvalue weighted by Crippen LogP contribution is 2.20. The summed E-state index contributed by atoms with van der Waals surface area (Å²) in [6.07, 6.45) is 1.41. The molecule has 0 atom stereocenters. The number of ether oxygens (including phenoxy) is 1. The molecule has 31 heavy (non-hydrogen) atoms. The maximum absolute atomic E-state index is 12.6. The Morgan fingerprint density at radius 3 is 2.45 bits per heavy atom. The lowest BCUT2D eigenvalue weighted by Gasteiger charge is -2.08. The molecule has 0 heterocycles. The molecule has 0 aromatic heterocycles. The van der Waals surface area contributed by atoms with Crippen LogP contribution < -0.4 is 4.74 Å². The molecule has 0 aliphatic heterocycles. The number of rotatable bonds is 7. The van der Waals surface area contributed by atoms with Gasteiger partial charge >= 0.3 is 0 Å². The maximum Gasteiger partial charge on any atom is 0.270 e. The SMILES string of the molecule is N#CC(=Cc1ccc(OCc2ccccc2C#N)cc1)C(=O)c1cccc([N+](=O)[O-])c1. The summed E-state index contributed by atoms with van der Waals surface area (Å²) in [5.41, 5.74) is 1.61. The van der Waals surface area contributed by atoms with Crippen LogP contribution in [0.4, 0.5) is 5.69 Å². The molecule has 0 bridgehead atoms. The monoisotopic (exact) mass is 409 g/mol. The summed E-state index contributed by atoms with van der Waals surface area (Å²) < 4.78 is 5.71. The predicted octanol–water partition coefficient (Wildman–Crippen LogP) is 4.84. The normalized spacial score (nSPS) is 10.6. The van der Waals surface area contributed by atoms with Crippen LogP contribution in [-0.4, -0.2) is 10.7 Å². The van der Waals surface area contributed by atoms with Crippen LogP contribution in [0.25, 0.3) is 6.08 Å². The molecule has 3 rings (SSSR count). The lowest BCUT2D eigenvalue weighted by Crippen LogP contribution is -2.03. The van der Waals surface area contributed by atoms with Gasteiger partial charge < -0.3 is 4.74 Å². The number of carbonyl (C=O) groups is 1. The van der Waals surface area contributed by atoms with E-state index in [0.29, 0.717) is 16.9 Å². The van der Waals surface area contributed by atoms with Crippen LogP contribution in [0.1, 0.15) is 27.0 Å². The first-order valence-corrected chi connectivity index (χ1v) is 9.13. The van der Waals surface area contributed by atoms with Crippen molar-refractivity contribution in [2.75, 3.05) is 0 Å². The Bertz CT molecular complexity index is 1250. The molecule has 3 aromatic carbocycles. The number of benzene rings is 3. The number of nitro benzene ring substituents is 1. The molecule has 0 N–H and O–H groups in total. The smallest absolute Gasteiger partial charge is 0.270 e. The first kappa shape index (κ1) is 21.0. The predicted molar refractivity (Wildman–Crippen MR) is 113 cm³/mol. The molecule has 0 radical (unpaired) electrons. The number of hydrogen-bond acceptors (Lipinski definition) is 6. The van der Waals surface area contributed by atoms with E-state index < -0.39 is 10.7 Å². The molecule has 0 fully saturated rings. The third kappa shape index (κ3) is 5.20. The van der Waals surface area contributed by atoms with Gasteiger partial charge in [0.2, 0.25) is 5.78 Å². The van der Waals surface area contributed by atoms with Gasteiger partial charge in [-0.3, -0.25) is 14.9 Å². The van der Waals surface area contributed by atoms with Crippen molar-refractivity contribution in [3.05, 3.63) is 111 Å². The highest BCUT2D eigenvalue weighted by Gasteiger charge is 2.15. The van der Waals surface area contributed by atoms with E-state index in [1.807, 2.05) is 18.2 Å². The minimum Gasteiger partial charge on any atom is -0.489 e. The van der Waals surface area contributed by atoms with E-state index in [2.05, 4.69) is 6.07 Å². The summed E-state index contributed by atoms with van der Waals surface area (Å²) >= 11 is 0. The van der Waals surface area contributed by atoms with Crippen molar-refractivity contribution in [1.82, 2.24) is 0 Å². The van der Waals surface area contributed by atoms with Crippen LogP contribution in [0, 0.1) is 32.8 Å². The average molecular weight is 409 g/mol. The van der Waals surface area contributed by atoms with E-state index in [9.17, 15) is 20.2 Å². The summed E-state index contributed by atoms with van der Waals surface area (Å²) in [6.45, 7) is 0.230. The Balaban J connectivity index is 1.74. The van der Waals surface area contributed by atoms with Crippen LogP contribution in [0.2, 0.25) is 0 Å². The number of nitro groups is 1. The summed E-state index contributed by atoms with van der Waals surface area (Å²) in [4.78, 5) is 22.9. The van der Waals surface area contributed by atoms with Crippen LogP contribution in [0.5, 0.6) is 5.75 Å². The minimum absolute atomic E-state index is 0.0677. The Morgan fingerprint density at radius 2 is 1.77 bits per heavy atom. The molecule has 0 spiro atoms. The van der Waals surface area contributed by atoms with Gasteiger partial charge in [0.1, 0.15) is 24.0 Å². The zero-order valence-electron chi connectivity index (χ0n) is 16.2. The fourth-order valence-corrected chi connectivity index (χ4v) is 2.81. The second-order valence-electron chi connectivity index (χ2n) is 6.43. The minimum atomic E-state index is -0.598. The van der Waals surface area contributed by atoms with Crippen molar-refractivity contribution >= 4 is 17.5 Å². The van der Waals surface area contributed by atoms with Gasteiger partial charge in [0.15, 0.2) is 0 Å². The molecule has 150 valence electrons. The molecule has 0 aliphatic rings. The second kappa shape index (κ2) is 9.64. The number of nitriles is 2. The number of non-ortho nitro benzene ring substituents is 1. The number of hydrogen-bond donors (Lipinski definition) is 0. The zero-order chi connectivity index (χ0) is 22.2. The zero-order valence-corrected chi connectivity index (χ0v) is 16.2. The largest absolute Gasteiger partial charge is 0.489 e. The Kier molecular flexibility index (Phi) is 6.52. The van der Waals surface area contributed by atoms with Crippen molar-refractivity contribution in [2.45, 2.75) is 6.61 Å². The van der Waals surface area contributed by atoms with Crippen molar-refractivity contribution in [3.63, 3.8) is 0 Å². The van der Waals surface area contributed by atoms with Crippen LogP contribution >= 0.6 is 0 Å². The van der Waals surface area contributed by atoms with Crippen molar-refractivity contribution in [2.24, 2.45) is 0 Å². The topological polar surface area (TPSA) is 117 Å². The molecule has 7 heteroatoms. The van der Waals surface area contributed by atoms with Crippen molar-refractivity contribution < 1.29 is 14.5 Å². The van der Waals surface area contributed by atoms with Crippen molar-refractivity contribution in [1.29, 1.82) is 10.5 Å². The molecular weight excluding hydrogens is 394 g/mol. The quantitative estimate of drug-likeness (QED) is 0.181. The highest BCUT2D eigenvalue weighted by atomic mass is 16.6. The van der Waals surface area contributed by atoms with Gasteiger partial charge in [-0.2, -0.15) is 10.5 Å². The average Bonchev–Trinajstić information content (AvgIpc) is 2.81. The summed E-state index contributed by atoms with van der Waals surface area (Å²) in [5, 5.41) is 29.4. The Labute approximate surface area is 178 Å². The van der Waals surface area contributed by atoms with Gasteiger partial charge in [0, 0.05) is 23.3 Å². The summed E-state index contributed by atoms with van der Waals surface area (Å²) in [5.74, 6) is -0.0342. The lowest BCUT2D eigenvalue weighted by molar-refractivity contribution is -0.384. The number of carbonyl (C=O) groups excluding carboxylic acids is 1. The van der Waals surface area contributed by atoms with Crippen molar-refractivity contribution in [3.8, 4) is 17.9 Å². The molecule has 0 amide bonds. The third-order valence-corrected chi connectivity index (χ3v) is 4.41. The van der Waals surface area contributed by atoms with E-state index >= 15 is 0 Å². The molecule has 0 unspecified atom stereocenters. The Morgan fingerprint density at radius 1 is 1.03 bits per heavy atom. The van der Waals surface area contributed by atoms with E-state index in [-0.39, 0.29) is 23.4 Å². The van der Waals surface area contributed by atoms with Gasteiger partial charge in [-0.1, -0.05) is 42.5 Å². The molecule has 0 aliphatic carbocycles. The van der Waals surface area contributed by atoms with Crippen LogP contribution in [0.15, 0.2) is 78.4 Å². The van der Waals surface area contributed by atoms with Gasteiger partial charge in [0.25, 0.3) is 5.69 Å². The van der Waals surface area contributed by atoms with E-state index in [1.165, 1.54) is 24.3 Å². The fraction of sp³-hybridized carbons (Fsp3) is 0.0417. The van der Waals surface area contributed by atoms with Crippen LogP contribution in [0.3, 0.4) is 0 Å². The van der Waals surface area contributed by atoms with E-state index in [1.54, 1.807) is 36.4 Å². The van der Waals surface area contributed by atoms with Gasteiger partial charge in [-0.25, -0.2) is 0 Å². The fourth-order valence-electron chi connectivity index (χ4n) is 2.81. The molecule has 3 aromatic rings. The van der Waals surface area contributed by atoms with Gasteiger partial charge in [-0.15, -0.1) is 0 Å². The van der Waals surface area contributed by atoms with E-state index in [0.717, 1.165) is 11.6 Å². The highest BCUT2D eigenvalue weighted by molar-refractivity contribution is 6.14. The first-order chi connectivity index (χ1) is 15.0. The van der Waals surface area contributed by atoms with Crippen LogP contribution in [-0.2, 0) is 6.61 Å². The van der Waals surface area contributed by atoms with Gasteiger partial charge in [0.05, 0.1) is 16.6 Å². The Hall–Kier alpha value is -4.75. The van der Waals surface area contributed by atoms with E-state index in [4.69, 9.17) is 10.00 Å². The number of nitrogens with zero attached hydrogens (tertiary/aromatic N) is 3. The number of allylic oxidation sites excluding steroid dienone is 1. The summed E-state index contributed by atoms with van der Waals surface area (Å²) in [7, 11) is 0. The molecular formula is C24H15N3O4. The molecule has 0 saturated heterocycles. The lowest BCUT2D eigenvalue weighted by atomic mass is 10.0. The number of Topliss-reactive ketones (excluding diaryl/α,β-unsaturated/α-hetero) is 1. The molecule has 0 saturated carbocycles.